The van der Waals surface area contributed by atoms with Gasteiger partial charge in [0.05, 0.1) is 5.69 Å². The molecule has 0 amide bonds. The lowest BCUT2D eigenvalue weighted by Gasteiger charge is -2.11. The molecule has 0 aliphatic heterocycles. The molecule has 2 N–H and O–H groups in total. The highest BCUT2D eigenvalue weighted by Crippen LogP contribution is 2.24. The lowest BCUT2D eigenvalue weighted by molar-refractivity contribution is 0.0690. The standard InChI is InChI=1S/C12H18N2O3S/c1-4-9-13-8(3)10(12(16)17)11(14-9)18-6-7(2)5-15/h7,15H,4-6H2,1-3H3,(H,16,17). The van der Waals surface area contributed by atoms with Gasteiger partial charge in [-0.25, -0.2) is 14.8 Å². The zero-order chi connectivity index (χ0) is 13.7. The van der Waals surface area contributed by atoms with Crippen LogP contribution in [0.15, 0.2) is 5.03 Å². The molecule has 0 aliphatic rings. The smallest absolute Gasteiger partial charge is 0.340 e. The van der Waals surface area contributed by atoms with Gasteiger partial charge in [-0.1, -0.05) is 13.8 Å². The second-order valence-corrected chi connectivity index (χ2v) is 5.17. The van der Waals surface area contributed by atoms with Crippen molar-refractivity contribution in [3.8, 4) is 0 Å². The number of carboxylic acids is 1. The summed E-state index contributed by atoms with van der Waals surface area (Å²) in [6.07, 6.45) is 0.670. The minimum atomic E-state index is -1.01. The van der Waals surface area contributed by atoms with E-state index in [2.05, 4.69) is 9.97 Å². The molecule has 0 aliphatic carbocycles. The average Bonchev–Trinajstić information content (AvgIpc) is 2.34. The third-order valence-electron chi connectivity index (χ3n) is 2.45. The van der Waals surface area contributed by atoms with Crippen LogP contribution in [0.5, 0.6) is 0 Å². The van der Waals surface area contributed by atoms with E-state index in [-0.39, 0.29) is 18.1 Å². The molecule has 0 bridgehead atoms. The minimum Gasteiger partial charge on any atom is -0.478 e. The van der Waals surface area contributed by atoms with Crippen LogP contribution < -0.4 is 0 Å². The van der Waals surface area contributed by atoms with Gasteiger partial charge in [0.2, 0.25) is 0 Å². The summed E-state index contributed by atoms with van der Waals surface area (Å²) in [6, 6.07) is 0. The molecule has 1 aromatic heterocycles. The summed E-state index contributed by atoms with van der Waals surface area (Å²) in [6.45, 7) is 5.60. The summed E-state index contributed by atoms with van der Waals surface area (Å²) in [5.41, 5.74) is 0.663. The van der Waals surface area contributed by atoms with E-state index < -0.39 is 5.97 Å². The van der Waals surface area contributed by atoms with Crippen molar-refractivity contribution in [1.82, 2.24) is 9.97 Å². The van der Waals surface area contributed by atoms with Crippen molar-refractivity contribution in [1.29, 1.82) is 0 Å². The van der Waals surface area contributed by atoms with Gasteiger partial charge >= 0.3 is 5.97 Å². The Bertz CT molecular complexity index is 438. The second-order valence-electron chi connectivity index (χ2n) is 4.16. The number of thioether (sulfide) groups is 1. The zero-order valence-electron chi connectivity index (χ0n) is 10.8. The van der Waals surface area contributed by atoms with Crippen molar-refractivity contribution in [2.45, 2.75) is 32.2 Å². The van der Waals surface area contributed by atoms with Crippen molar-refractivity contribution < 1.29 is 15.0 Å². The van der Waals surface area contributed by atoms with Crippen LogP contribution >= 0.6 is 11.8 Å². The van der Waals surface area contributed by atoms with Gasteiger partial charge in [0.1, 0.15) is 16.4 Å². The number of rotatable bonds is 6. The molecule has 5 nitrogen and oxygen atoms in total. The third-order valence-corrected chi connectivity index (χ3v) is 3.75. The second kappa shape index (κ2) is 6.70. The quantitative estimate of drug-likeness (QED) is 0.605. The summed E-state index contributed by atoms with van der Waals surface area (Å²) < 4.78 is 0. The molecule has 0 saturated carbocycles. The monoisotopic (exact) mass is 270 g/mol. The Kier molecular flexibility index (Phi) is 5.55. The topological polar surface area (TPSA) is 83.3 Å². The number of nitrogens with zero attached hydrogens (tertiary/aromatic N) is 2. The number of hydrogen-bond acceptors (Lipinski definition) is 5. The maximum absolute atomic E-state index is 11.2. The highest BCUT2D eigenvalue weighted by atomic mass is 32.2. The molecule has 1 unspecified atom stereocenters. The molecular formula is C12H18N2O3S. The summed E-state index contributed by atoms with van der Waals surface area (Å²) in [5, 5.41) is 18.7. The number of carbonyl (C=O) groups is 1. The van der Waals surface area contributed by atoms with Crippen molar-refractivity contribution in [2.75, 3.05) is 12.4 Å². The normalized spacial score (nSPS) is 12.4. The summed E-state index contributed by atoms with van der Waals surface area (Å²) in [4.78, 5) is 19.6. The maximum Gasteiger partial charge on any atom is 0.340 e. The first-order valence-electron chi connectivity index (χ1n) is 5.84. The Morgan fingerprint density at radius 2 is 2.11 bits per heavy atom. The van der Waals surface area contributed by atoms with Crippen molar-refractivity contribution in [3.05, 3.63) is 17.1 Å². The third kappa shape index (κ3) is 3.68. The van der Waals surface area contributed by atoms with E-state index in [0.29, 0.717) is 28.7 Å². The lowest BCUT2D eigenvalue weighted by atomic mass is 10.2. The Balaban J connectivity index is 3.05. The van der Waals surface area contributed by atoms with Crippen molar-refractivity contribution in [3.63, 3.8) is 0 Å². The predicted molar refractivity (Wildman–Crippen MR) is 70.1 cm³/mol. The Morgan fingerprint density at radius 3 is 2.61 bits per heavy atom. The molecule has 1 aromatic rings. The zero-order valence-corrected chi connectivity index (χ0v) is 11.6. The van der Waals surface area contributed by atoms with Crippen LogP contribution in [0.1, 0.15) is 35.7 Å². The molecule has 100 valence electrons. The molecule has 18 heavy (non-hydrogen) atoms. The summed E-state index contributed by atoms with van der Waals surface area (Å²) >= 11 is 1.36. The van der Waals surface area contributed by atoms with Crippen molar-refractivity contribution >= 4 is 17.7 Å². The SMILES string of the molecule is CCc1nc(C)c(C(=O)O)c(SCC(C)CO)n1. The van der Waals surface area contributed by atoms with E-state index in [1.165, 1.54) is 11.8 Å². The van der Waals surface area contributed by atoms with Crippen LogP contribution in [-0.4, -0.2) is 38.5 Å². The fraction of sp³-hybridized carbons (Fsp3) is 0.583. The largest absolute Gasteiger partial charge is 0.478 e. The summed E-state index contributed by atoms with van der Waals surface area (Å²) in [5.74, 6) is 0.388. The van der Waals surface area contributed by atoms with Gasteiger partial charge in [0.25, 0.3) is 0 Å². The molecule has 0 aromatic carbocycles. The van der Waals surface area contributed by atoms with Gasteiger partial charge in [-0.2, -0.15) is 0 Å². The number of aromatic nitrogens is 2. The first-order chi connectivity index (χ1) is 8.49. The van der Waals surface area contributed by atoms with Gasteiger partial charge in [-0.3, -0.25) is 0 Å². The first kappa shape index (κ1) is 14.9. The molecule has 1 heterocycles. The molecule has 0 radical (unpaired) electrons. The Labute approximate surface area is 111 Å². The van der Waals surface area contributed by atoms with Gasteiger partial charge in [0.15, 0.2) is 0 Å². The van der Waals surface area contributed by atoms with Crippen LogP contribution in [0.2, 0.25) is 0 Å². The van der Waals surface area contributed by atoms with Gasteiger partial charge in [0, 0.05) is 18.8 Å². The number of aromatic carboxylic acids is 1. The summed E-state index contributed by atoms with van der Waals surface area (Å²) in [7, 11) is 0. The lowest BCUT2D eigenvalue weighted by Crippen LogP contribution is -2.11. The number of hydrogen-bond donors (Lipinski definition) is 2. The average molecular weight is 270 g/mol. The molecule has 1 rings (SSSR count). The predicted octanol–water partition coefficient (Wildman–Crippen LogP) is 1.77. The highest BCUT2D eigenvalue weighted by molar-refractivity contribution is 7.99. The van der Waals surface area contributed by atoms with Crippen LogP contribution in [0.25, 0.3) is 0 Å². The molecule has 0 fully saturated rings. The van der Waals surface area contributed by atoms with Crippen LogP contribution in [0.4, 0.5) is 0 Å². The number of aliphatic hydroxyl groups excluding tert-OH is 1. The van der Waals surface area contributed by atoms with E-state index in [1.807, 2.05) is 13.8 Å². The van der Waals surface area contributed by atoms with Gasteiger partial charge in [-0.15, -0.1) is 11.8 Å². The molecular weight excluding hydrogens is 252 g/mol. The Hall–Kier alpha value is -1.14. The van der Waals surface area contributed by atoms with Crippen LogP contribution in [-0.2, 0) is 6.42 Å². The van der Waals surface area contributed by atoms with E-state index in [0.717, 1.165) is 0 Å². The van der Waals surface area contributed by atoms with Crippen molar-refractivity contribution in [2.24, 2.45) is 5.92 Å². The van der Waals surface area contributed by atoms with Gasteiger partial charge < -0.3 is 10.2 Å². The first-order valence-corrected chi connectivity index (χ1v) is 6.82. The highest BCUT2D eigenvalue weighted by Gasteiger charge is 2.18. The molecule has 0 spiro atoms. The Morgan fingerprint density at radius 1 is 1.44 bits per heavy atom. The minimum absolute atomic E-state index is 0.0834. The molecule has 6 heteroatoms. The van der Waals surface area contributed by atoms with Crippen LogP contribution in [0.3, 0.4) is 0 Å². The number of aliphatic hydroxyl groups is 1. The maximum atomic E-state index is 11.2. The van der Waals surface area contributed by atoms with Gasteiger partial charge in [-0.05, 0) is 12.8 Å². The van der Waals surface area contributed by atoms with E-state index in [1.54, 1.807) is 6.92 Å². The molecule has 0 saturated heterocycles. The number of aryl methyl sites for hydroxylation is 2. The van der Waals surface area contributed by atoms with E-state index in [9.17, 15) is 9.90 Å². The fourth-order valence-electron chi connectivity index (χ4n) is 1.39. The van der Waals surface area contributed by atoms with Crippen LogP contribution in [0, 0.1) is 12.8 Å². The fourth-order valence-corrected chi connectivity index (χ4v) is 2.48. The molecule has 1 atom stereocenters. The van der Waals surface area contributed by atoms with E-state index in [4.69, 9.17) is 5.11 Å². The number of carboxylic acid groups (broad SMARTS) is 1. The van der Waals surface area contributed by atoms with E-state index >= 15 is 0 Å².